The lowest BCUT2D eigenvalue weighted by Gasteiger charge is -2.16. The first kappa shape index (κ1) is 21.4. The van der Waals surface area contributed by atoms with Crippen LogP contribution in [0, 0.1) is 5.92 Å². The van der Waals surface area contributed by atoms with Crippen LogP contribution in [0.1, 0.15) is 33.7 Å². The van der Waals surface area contributed by atoms with Crippen LogP contribution in [0.4, 0.5) is 0 Å². The molecule has 160 valence electrons. The van der Waals surface area contributed by atoms with E-state index in [0.717, 1.165) is 0 Å². The maximum absolute atomic E-state index is 13.3. The molecule has 3 rings (SSSR count). The standard InChI is InChI=1S/C21H26N4O5/c1-6-30-20(27)14(4)24-12-22-18-17(24)19(26)23(11-13(2)3)21(28)25(18)15-7-9-16(29-5)10-8-15/h7-10,12-14H,6,11H2,1-5H3/t14-/m0/s1. The van der Waals surface area contributed by atoms with Crippen molar-refractivity contribution in [3.05, 3.63) is 51.4 Å². The Morgan fingerprint density at radius 3 is 2.37 bits per heavy atom. The van der Waals surface area contributed by atoms with Gasteiger partial charge < -0.3 is 14.0 Å². The van der Waals surface area contributed by atoms with Crippen LogP contribution in [0.2, 0.25) is 0 Å². The maximum atomic E-state index is 13.3. The number of imidazole rings is 1. The fraction of sp³-hybridized carbons (Fsp3) is 0.429. The highest BCUT2D eigenvalue weighted by atomic mass is 16.5. The Balaban J connectivity index is 2.33. The van der Waals surface area contributed by atoms with Gasteiger partial charge in [-0.3, -0.25) is 9.36 Å². The van der Waals surface area contributed by atoms with E-state index in [0.29, 0.717) is 11.4 Å². The van der Waals surface area contributed by atoms with Crippen molar-refractivity contribution < 1.29 is 14.3 Å². The molecular formula is C21H26N4O5. The van der Waals surface area contributed by atoms with Crippen molar-refractivity contribution in [3.63, 3.8) is 0 Å². The molecule has 0 aliphatic rings. The summed E-state index contributed by atoms with van der Waals surface area (Å²) in [5, 5.41) is 0. The average Bonchev–Trinajstić information content (AvgIpc) is 3.16. The summed E-state index contributed by atoms with van der Waals surface area (Å²) in [6.45, 7) is 7.66. The van der Waals surface area contributed by atoms with Crippen molar-refractivity contribution in [2.45, 2.75) is 40.3 Å². The van der Waals surface area contributed by atoms with Crippen LogP contribution in [0.25, 0.3) is 16.9 Å². The second-order valence-corrected chi connectivity index (χ2v) is 7.38. The fourth-order valence-electron chi connectivity index (χ4n) is 3.31. The summed E-state index contributed by atoms with van der Waals surface area (Å²) in [4.78, 5) is 43.1. The van der Waals surface area contributed by atoms with Gasteiger partial charge in [0.15, 0.2) is 11.2 Å². The molecule has 9 heteroatoms. The Labute approximate surface area is 173 Å². The Bertz CT molecular complexity index is 1170. The van der Waals surface area contributed by atoms with Gasteiger partial charge in [0.2, 0.25) is 0 Å². The van der Waals surface area contributed by atoms with E-state index >= 15 is 0 Å². The molecule has 0 spiro atoms. The summed E-state index contributed by atoms with van der Waals surface area (Å²) in [5.41, 5.74) is -0.0715. The number of esters is 1. The van der Waals surface area contributed by atoms with Crippen molar-refractivity contribution in [3.8, 4) is 11.4 Å². The van der Waals surface area contributed by atoms with E-state index in [1.165, 1.54) is 20.0 Å². The minimum absolute atomic E-state index is 0.0658. The number of carbonyl (C=O) groups is 1. The number of nitrogens with zero attached hydrogens (tertiary/aromatic N) is 4. The summed E-state index contributed by atoms with van der Waals surface area (Å²) < 4.78 is 14.3. The molecule has 2 aromatic heterocycles. The van der Waals surface area contributed by atoms with Gasteiger partial charge in [-0.1, -0.05) is 13.8 Å². The lowest BCUT2D eigenvalue weighted by molar-refractivity contribution is -0.146. The third-order valence-electron chi connectivity index (χ3n) is 4.78. The molecule has 1 atom stereocenters. The molecule has 0 unspecified atom stereocenters. The highest BCUT2D eigenvalue weighted by Gasteiger charge is 2.25. The number of fused-ring (bicyclic) bond motifs is 1. The first-order valence-corrected chi connectivity index (χ1v) is 9.83. The van der Waals surface area contributed by atoms with Crippen LogP contribution in [-0.2, 0) is 16.1 Å². The van der Waals surface area contributed by atoms with Gasteiger partial charge in [-0.05, 0) is 44.0 Å². The van der Waals surface area contributed by atoms with Crippen LogP contribution in [-0.4, -0.2) is 38.4 Å². The molecule has 0 bridgehead atoms. The predicted octanol–water partition coefficient (Wildman–Crippen LogP) is 2.14. The van der Waals surface area contributed by atoms with E-state index in [9.17, 15) is 14.4 Å². The molecule has 1 aromatic carbocycles. The van der Waals surface area contributed by atoms with Gasteiger partial charge in [0.1, 0.15) is 11.8 Å². The lowest BCUT2D eigenvalue weighted by atomic mass is 10.2. The molecule has 0 aliphatic heterocycles. The zero-order valence-electron chi connectivity index (χ0n) is 17.8. The molecule has 0 saturated heterocycles. The maximum Gasteiger partial charge on any atom is 0.337 e. The molecule has 0 radical (unpaired) electrons. The molecule has 30 heavy (non-hydrogen) atoms. The summed E-state index contributed by atoms with van der Waals surface area (Å²) in [7, 11) is 1.56. The number of ether oxygens (including phenoxy) is 2. The highest BCUT2D eigenvalue weighted by molar-refractivity contribution is 5.79. The molecule has 0 amide bonds. The predicted molar refractivity (Wildman–Crippen MR) is 112 cm³/mol. The van der Waals surface area contributed by atoms with Crippen LogP contribution in [0.3, 0.4) is 0 Å². The van der Waals surface area contributed by atoms with Crippen LogP contribution < -0.4 is 16.0 Å². The Morgan fingerprint density at radius 2 is 1.80 bits per heavy atom. The van der Waals surface area contributed by atoms with Gasteiger partial charge in [-0.2, -0.15) is 0 Å². The number of carbonyl (C=O) groups excluding carboxylic acids is 1. The molecule has 9 nitrogen and oxygen atoms in total. The van der Waals surface area contributed by atoms with Gasteiger partial charge in [0.05, 0.1) is 25.7 Å². The molecule has 0 N–H and O–H groups in total. The monoisotopic (exact) mass is 414 g/mol. The lowest BCUT2D eigenvalue weighted by Crippen LogP contribution is -2.41. The molecular weight excluding hydrogens is 388 g/mol. The van der Waals surface area contributed by atoms with E-state index < -0.39 is 23.3 Å². The first-order chi connectivity index (χ1) is 14.3. The second kappa shape index (κ2) is 8.56. The number of aromatic nitrogens is 4. The zero-order valence-corrected chi connectivity index (χ0v) is 17.8. The highest BCUT2D eigenvalue weighted by Crippen LogP contribution is 2.20. The summed E-state index contributed by atoms with van der Waals surface area (Å²) in [6, 6.07) is 6.12. The van der Waals surface area contributed by atoms with Gasteiger partial charge in [-0.25, -0.2) is 19.1 Å². The molecule has 2 heterocycles. The van der Waals surface area contributed by atoms with Crippen molar-refractivity contribution >= 4 is 17.1 Å². The van der Waals surface area contributed by atoms with Gasteiger partial charge >= 0.3 is 11.7 Å². The minimum atomic E-state index is -0.767. The minimum Gasteiger partial charge on any atom is -0.497 e. The van der Waals surface area contributed by atoms with Gasteiger partial charge in [-0.15, -0.1) is 0 Å². The van der Waals surface area contributed by atoms with Crippen molar-refractivity contribution in [2.24, 2.45) is 5.92 Å². The van der Waals surface area contributed by atoms with Crippen molar-refractivity contribution in [2.75, 3.05) is 13.7 Å². The van der Waals surface area contributed by atoms with Crippen molar-refractivity contribution in [1.82, 2.24) is 18.7 Å². The first-order valence-electron chi connectivity index (χ1n) is 9.83. The molecule has 0 fully saturated rings. The number of benzene rings is 1. The third kappa shape index (κ3) is 3.74. The van der Waals surface area contributed by atoms with Gasteiger partial charge in [0.25, 0.3) is 5.56 Å². The molecule has 3 aromatic rings. The summed E-state index contributed by atoms with van der Waals surface area (Å²) in [6.07, 6.45) is 1.40. The number of hydrogen-bond donors (Lipinski definition) is 0. The smallest absolute Gasteiger partial charge is 0.337 e. The van der Waals surface area contributed by atoms with E-state index in [4.69, 9.17) is 9.47 Å². The zero-order chi connectivity index (χ0) is 22.0. The Morgan fingerprint density at radius 1 is 1.13 bits per heavy atom. The van der Waals surface area contributed by atoms with E-state index in [1.807, 2.05) is 13.8 Å². The molecule has 0 aliphatic carbocycles. The Kier molecular flexibility index (Phi) is 6.09. The van der Waals surface area contributed by atoms with Gasteiger partial charge in [0, 0.05) is 6.54 Å². The summed E-state index contributed by atoms with van der Waals surface area (Å²) >= 11 is 0. The van der Waals surface area contributed by atoms with Crippen LogP contribution in [0.5, 0.6) is 5.75 Å². The fourth-order valence-corrected chi connectivity index (χ4v) is 3.31. The van der Waals surface area contributed by atoms with Crippen LogP contribution in [0.15, 0.2) is 40.2 Å². The van der Waals surface area contributed by atoms with E-state index in [1.54, 1.807) is 45.2 Å². The second-order valence-electron chi connectivity index (χ2n) is 7.38. The van der Waals surface area contributed by atoms with Crippen LogP contribution >= 0.6 is 0 Å². The average molecular weight is 414 g/mol. The van der Waals surface area contributed by atoms with E-state index in [-0.39, 0.29) is 30.2 Å². The normalized spacial score (nSPS) is 12.3. The quantitative estimate of drug-likeness (QED) is 0.550. The number of rotatable bonds is 7. The number of methoxy groups -OCH3 is 1. The largest absolute Gasteiger partial charge is 0.497 e. The molecule has 0 saturated carbocycles. The third-order valence-corrected chi connectivity index (χ3v) is 4.78. The number of hydrogen-bond acceptors (Lipinski definition) is 6. The summed E-state index contributed by atoms with van der Waals surface area (Å²) in [5.74, 6) is 0.227. The topological polar surface area (TPSA) is 97.4 Å². The van der Waals surface area contributed by atoms with E-state index in [2.05, 4.69) is 4.98 Å². The van der Waals surface area contributed by atoms with Crippen molar-refractivity contribution in [1.29, 1.82) is 0 Å². The Hall–Kier alpha value is -3.36. The SMILES string of the molecule is CCOC(=O)[C@H](C)n1cnc2c1c(=O)n(CC(C)C)c(=O)n2-c1ccc(OC)cc1.